The zero-order valence-electron chi connectivity index (χ0n) is 20.4. The topological polar surface area (TPSA) is 115 Å². The standard InChI is InChI=1S/C26H37N5O3S/c27-18-26(13-15-31-14-7-6-10-20(31)17-26)29-25(32)22(16-19-8-2-1-3-9-19)28-24-21-11-4-5-12-23(21)35(33,34)30-24/h4-5,11-12,19-23H,1-3,6-10,13-17H2,(H,28,30)(H,29,32)/t20-,21?,22-,23?,26-/m0/s1. The highest BCUT2D eigenvalue weighted by atomic mass is 32.2. The number of nitrogens with zero attached hydrogens (tertiary/aromatic N) is 3. The molecule has 5 aliphatic rings. The van der Waals surface area contributed by atoms with Crippen LogP contribution in [-0.4, -0.2) is 61.0 Å². The van der Waals surface area contributed by atoms with Crippen LogP contribution in [0.3, 0.4) is 0 Å². The van der Waals surface area contributed by atoms with Gasteiger partial charge in [0.25, 0.3) is 0 Å². The molecule has 190 valence electrons. The van der Waals surface area contributed by atoms with Gasteiger partial charge in [-0.3, -0.25) is 14.5 Å². The summed E-state index contributed by atoms with van der Waals surface area (Å²) >= 11 is 0. The van der Waals surface area contributed by atoms with Crippen LogP contribution in [0.15, 0.2) is 29.3 Å². The Labute approximate surface area is 209 Å². The second-order valence-corrected chi connectivity index (χ2v) is 12.8. The number of carbonyl (C=O) groups is 1. The van der Waals surface area contributed by atoms with E-state index in [0.717, 1.165) is 45.2 Å². The maximum Gasteiger partial charge on any atom is 0.246 e. The molecule has 1 saturated carbocycles. The van der Waals surface area contributed by atoms with Gasteiger partial charge in [-0.05, 0) is 44.6 Å². The zero-order valence-corrected chi connectivity index (χ0v) is 21.2. The minimum Gasteiger partial charge on any atom is -0.336 e. The number of carbonyl (C=O) groups excluding carboxylic acids is 1. The molecule has 0 spiro atoms. The Morgan fingerprint density at radius 3 is 2.74 bits per heavy atom. The van der Waals surface area contributed by atoms with Crippen LogP contribution in [-0.2, 0) is 14.8 Å². The molecule has 5 atom stereocenters. The number of aliphatic imine (C=N–C) groups is 1. The summed E-state index contributed by atoms with van der Waals surface area (Å²) in [6.45, 7) is 1.89. The van der Waals surface area contributed by atoms with E-state index in [2.05, 4.69) is 21.0 Å². The van der Waals surface area contributed by atoms with Gasteiger partial charge in [0, 0.05) is 12.6 Å². The third-order valence-electron chi connectivity index (χ3n) is 8.62. The number of piperidine rings is 2. The van der Waals surface area contributed by atoms with Crippen molar-refractivity contribution in [2.24, 2.45) is 16.8 Å². The van der Waals surface area contributed by atoms with E-state index in [1.54, 1.807) is 12.2 Å². The van der Waals surface area contributed by atoms with Crippen molar-refractivity contribution in [3.8, 4) is 6.07 Å². The molecular formula is C26H37N5O3S. The van der Waals surface area contributed by atoms with Gasteiger partial charge in [-0.1, -0.05) is 62.8 Å². The molecule has 5 rings (SSSR count). The Hall–Kier alpha value is -2.18. The molecular weight excluding hydrogens is 462 g/mol. The molecule has 4 fully saturated rings. The van der Waals surface area contributed by atoms with Gasteiger partial charge in [0.15, 0.2) is 0 Å². The van der Waals surface area contributed by atoms with Crippen LogP contribution in [0.1, 0.15) is 70.6 Å². The molecule has 2 unspecified atom stereocenters. The quantitative estimate of drug-likeness (QED) is 0.604. The second kappa shape index (κ2) is 10.1. The molecule has 1 amide bonds. The van der Waals surface area contributed by atoms with Crippen LogP contribution >= 0.6 is 0 Å². The van der Waals surface area contributed by atoms with E-state index >= 15 is 0 Å². The lowest BCUT2D eigenvalue weighted by Crippen LogP contribution is -2.60. The first-order valence-electron chi connectivity index (χ1n) is 13.3. The van der Waals surface area contributed by atoms with E-state index in [-0.39, 0.29) is 5.91 Å². The molecule has 0 radical (unpaired) electrons. The smallest absolute Gasteiger partial charge is 0.246 e. The Bertz CT molecular complexity index is 1060. The van der Waals surface area contributed by atoms with Crippen molar-refractivity contribution in [1.29, 1.82) is 5.26 Å². The Morgan fingerprint density at radius 2 is 1.94 bits per heavy atom. The van der Waals surface area contributed by atoms with Gasteiger partial charge in [0.05, 0.1) is 12.0 Å². The van der Waals surface area contributed by atoms with E-state index < -0.39 is 32.8 Å². The molecule has 35 heavy (non-hydrogen) atoms. The van der Waals surface area contributed by atoms with Gasteiger partial charge in [-0.15, -0.1) is 0 Å². The monoisotopic (exact) mass is 499 g/mol. The summed E-state index contributed by atoms with van der Waals surface area (Å²) < 4.78 is 28.0. The van der Waals surface area contributed by atoms with Gasteiger partial charge < -0.3 is 10.2 Å². The summed E-state index contributed by atoms with van der Waals surface area (Å²) in [6.07, 6.45) is 18.0. The fourth-order valence-corrected chi connectivity index (χ4v) is 8.16. The fourth-order valence-electron chi connectivity index (χ4n) is 6.64. The molecule has 8 nitrogen and oxygen atoms in total. The molecule has 9 heteroatoms. The lowest BCUT2D eigenvalue weighted by molar-refractivity contribution is -0.125. The van der Waals surface area contributed by atoms with Gasteiger partial charge >= 0.3 is 0 Å². The number of fused-ring (bicyclic) bond motifs is 2. The normalized spacial score (nSPS) is 36.5. The molecule has 0 aromatic carbocycles. The summed E-state index contributed by atoms with van der Waals surface area (Å²) in [5.74, 6) is 0.0891. The number of amidine groups is 1. The lowest BCUT2D eigenvalue weighted by Gasteiger charge is -2.46. The Morgan fingerprint density at radius 1 is 1.17 bits per heavy atom. The van der Waals surface area contributed by atoms with E-state index in [0.29, 0.717) is 37.1 Å². The van der Waals surface area contributed by atoms with Crippen LogP contribution in [0.2, 0.25) is 0 Å². The van der Waals surface area contributed by atoms with Gasteiger partial charge in [-0.2, -0.15) is 5.26 Å². The minimum absolute atomic E-state index is 0.244. The summed E-state index contributed by atoms with van der Waals surface area (Å²) in [7, 11) is -3.57. The minimum atomic E-state index is -3.57. The van der Waals surface area contributed by atoms with E-state index in [1.807, 2.05) is 12.2 Å². The van der Waals surface area contributed by atoms with Crippen LogP contribution < -0.4 is 10.0 Å². The number of hydrogen-bond donors (Lipinski definition) is 2. The van der Waals surface area contributed by atoms with Gasteiger partial charge in [0.2, 0.25) is 15.9 Å². The summed E-state index contributed by atoms with van der Waals surface area (Å²) in [5, 5.41) is 12.6. The molecule has 3 aliphatic heterocycles. The summed E-state index contributed by atoms with van der Waals surface area (Å²) in [4.78, 5) is 21.0. The van der Waals surface area contributed by atoms with Gasteiger partial charge in [-0.25, -0.2) is 8.42 Å². The van der Waals surface area contributed by atoms with Crippen molar-refractivity contribution in [2.45, 2.75) is 93.5 Å². The second-order valence-electron chi connectivity index (χ2n) is 11.0. The molecule has 3 heterocycles. The average molecular weight is 500 g/mol. The van der Waals surface area contributed by atoms with Crippen molar-refractivity contribution in [2.75, 3.05) is 13.1 Å². The largest absolute Gasteiger partial charge is 0.336 e. The fraction of sp³-hybridized carbons (Fsp3) is 0.731. The molecule has 0 bridgehead atoms. The number of nitrogens with one attached hydrogen (secondary N) is 2. The summed E-state index contributed by atoms with van der Waals surface area (Å²) in [6, 6.07) is 2.08. The number of amides is 1. The van der Waals surface area contributed by atoms with Crippen molar-refractivity contribution in [1.82, 2.24) is 14.9 Å². The molecule has 3 saturated heterocycles. The number of nitriles is 1. The number of rotatable bonds is 5. The van der Waals surface area contributed by atoms with Crippen LogP contribution in [0.5, 0.6) is 0 Å². The molecule has 2 aliphatic carbocycles. The lowest BCUT2D eigenvalue weighted by atomic mass is 9.80. The van der Waals surface area contributed by atoms with Crippen LogP contribution in [0.25, 0.3) is 0 Å². The third kappa shape index (κ3) is 5.19. The maximum absolute atomic E-state index is 13.7. The first-order chi connectivity index (χ1) is 16.9. The van der Waals surface area contributed by atoms with E-state index in [9.17, 15) is 18.5 Å². The number of hydrogen-bond acceptors (Lipinski definition) is 6. The van der Waals surface area contributed by atoms with Crippen molar-refractivity contribution in [3.05, 3.63) is 24.3 Å². The van der Waals surface area contributed by atoms with Crippen molar-refractivity contribution in [3.63, 3.8) is 0 Å². The molecule has 0 aromatic heterocycles. The number of allylic oxidation sites excluding steroid dienone is 2. The van der Waals surface area contributed by atoms with Crippen molar-refractivity contribution >= 4 is 21.8 Å². The third-order valence-corrected chi connectivity index (χ3v) is 10.3. The number of sulfonamides is 1. The predicted octanol–water partition coefficient (Wildman–Crippen LogP) is 2.79. The van der Waals surface area contributed by atoms with Crippen molar-refractivity contribution < 1.29 is 13.2 Å². The molecule has 2 N–H and O–H groups in total. The highest BCUT2D eigenvalue weighted by molar-refractivity contribution is 7.91. The predicted molar refractivity (Wildman–Crippen MR) is 135 cm³/mol. The summed E-state index contributed by atoms with van der Waals surface area (Å²) in [5.41, 5.74) is -0.883. The van der Waals surface area contributed by atoms with Crippen LogP contribution in [0.4, 0.5) is 0 Å². The zero-order chi connectivity index (χ0) is 24.5. The first kappa shape index (κ1) is 24.5. The highest BCUT2D eigenvalue weighted by Crippen LogP contribution is 2.34. The SMILES string of the molecule is N#C[C@]1(NC(=O)[C@H](CC2CCCCC2)N=C2NS(=O)(=O)C3C=CC=CC23)CCN2CCCC[C@H]2C1. The Balaban J connectivity index is 1.38. The van der Waals surface area contributed by atoms with E-state index in [1.165, 1.54) is 19.3 Å². The average Bonchev–Trinajstić information content (AvgIpc) is 3.14. The first-order valence-corrected chi connectivity index (χ1v) is 14.9. The van der Waals surface area contributed by atoms with Crippen LogP contribution in [0, 0.1) is 23.2 Å². The van der Waals surface area contributed by atoms with Gasteiger partial charge in [0.1, 0.15) is 22.7 Å². The van der Waals surface area contributed by atoms with E-state index in [4.69, 9.17) is 4.99 Å². The molecule has 0 aromatic rings. The highest BCUT2D eigenvalue weighted by Gasteiger charge is 2.45. The Kier molecular flexibility index (Phi) is 7.04. The maximum atomic E-state index is 13.7.